The summed E-state index contributed by atoms with van der Waals surface area (Å²) in [6.07, 6.45) is 5.20. The van der Waals surface area contributed by atoms with Crippen molar-refractivity contribution in [2.75, 3.05) is 6.61 Å². The number of hydrogen-bond donors (Lipinski definition) is 0. The van der Waals surface area contributed by atoms with E-state index in [1.807, 2.05) is 27.7 Å². The van der Waals surface area contributed by atoms with Gasteiger partial charge >= 0.3 is 5.97 Å². The number of ether oxygens (including phenoxy) is 2. The molecule has 0 heterocycles. The Morgan fingerprint density at radius 3 is 2.12 bits per heavy atom. The second-order valence-corrected chi connectivity index (χ2v) is 5.50. The topological polar surface area (TPSA) is 35.5 Å². The zero-order chi connectivity index (χ0) is 12.9. The first-order valence-electron chi connectivity index (χ1n) is 6.82. The van der Waals surface area contributed by atoms with Gasteiger partial charge in [0, 0.05) is 6.61 Å². The van der Waals surface area contributed by atoms with Crippen LogP contribution in [0.25, 0.3) is 0 Å². The Bertz CT molecular complexity index is 240. The van der Waals surface area contributed by atoms with Gasteiger partial charge < -0.3 is 9.47 Å². The van der Waals surface area contributed by atoms with E-state index in [9.17, 15) is 4.79 Å². The number of rotatable bonds is 5. The van der Waals surface area contributed by atoms with E-state index >= 15 is 0 Å². The predicted octanol–water partition coefficient (Wildman–Crippen LogP) is 3.31. The van der Waals surface area contributed by atoms with Crippen LogP contribution in [0.3, 0.4) is 0 Å². The number of hydrogen-bond acceptors (Lipinski definition) is 3. The number of esters is 1. The molecule has 1 aliphatic rings. The summed E-state index contributed by atoms with van der Waals surface area (Å²) in [6, 6.07) is 0. The summed E-state index contributed by atoms with van der Waals surface area (Å²) in [6.45, 7) is 8.71. The maximum absolute atomic E-state index is 11.9. The van der Waals surface area contributed by atoms with E-state index in [0.29, 0.717) is 6.10 Å². The molecule has 0 unspecified atom stereocenters. The van der Waals surface area contributed by atoms with Gasteiger partial charge in [0.15, 0.2) is 0 Å². The maximum Gasteiger partial charge on any atom is 0.311 e. The van der Waals surface area contributed by atoms with Gasteiger partial charge in [-0.2, -0.15) is 0 Å². The minimum atomic E-state index is -0.350. The normalized spacial score (nSPS) is 25.6. The summed E-state index contributed by atoms with van der Waals surface area (Å²) in [5.74, 6) is -0.0557. The van der Waals surface area contributed by atoms with Crippen LogP contribution in [0.15, 0.2) is 0 Å². The summed E-state index contributed by atoms with van der Waals surface area (Å²) < 4.78 is 11.2. The molecule has 1 rings (SSSR count). The molecular weight excluding hydrogens is 216 g/mol. The Hall–Kier alpha value is -0.570. The molecule has 3 heteroatoms. The first kappa shape index (κ1) is 14.5. The molecule has 1 aliphatic carbocycles. The highest BCUT2D eigenvalue weighted by Crippen LogP contribution is 2.27. The van der Waals surface area contributed by atoms with Crippen molar-refractivity contribution in [1.29, 1.82) is 0 Å². The molecule has 0 aromatic carbocycles. The summed E-state index contributed by atoms with van der Waals surface area (Å²) >= 11 is 0. The molecule has 0 amide bonds. The van der Waals surface area contributed by atoms with Crippen molar-refractivity contribution in [3.05, 3.63) is 0 Å². The molecule has 0 aromatic rings. The Morgan fingerprint density at radius 1 is 1.12 bits per heavy atom. The van der Waals surface area contributed by atoms with Gasteiger partial charge in [-0.15, -0.1) is 0 Å². The maximum atomic E-state index is 11.9. The van der Waals surface area contributed by atoms with Crippen molar-refractivity contribution < 1.29 is 14.3 Å². The minimum absolute atomic E-state index is 0.0557. The van der Waals surface area contributed by atoms with Crippen LogP contribution in [-0.2, 0) is 14.3 Å². The second-order valence-electron chi connectivity index (χ2n) is 5.50. The number of carbonyl (C=O) groups excluding carboxylic acids is 1. The van der Waals surface area contributed by atoms with E-state index < -0.39 is 0 Å². The van der Waals surface area contributed by atoms with E-state index in [-0.39, 0.29) is 17.5 Å². The molecule has 17 heavy (non-hydrogen) atoms. The van der Waals surface area contributed by atoms with Crippen molar-refractivity contribution in [3.8, 4) is 0 Å². The Labute approximate surface area is 105 Å². The molecule has 0 spiro atoms. The Morgan fingerprint density at radius 2 is 1.65 bits per heavy atom. The second kappa shape index (κ2) is 6.39. The fourth-order valence-electron chi connectivity index (χ4n) is 2.01. The highest BCUT2D eigenvalue weighted by molar-refractivity contribution is 5.75. The van der Waals surface area contributed by atoms with Crippen molar-refractivity contribution in [3.63, 3.8) is 0 Å². The SMILES string of the molecule is CCOC1CCC(OC(=O)C(C)(C)CC)CC1. The van der Waals surface area contributed by atoms with Crippen molar-refractivity contribution in [2.45, 2.75) is 72.0 Å². The molecule has 0 saturated heterocycles. The van der Waals surface area contributed by atoms with E-state index in [1.54, 1.807) is 0 Å². The first-order valence-corrected chi connectivity index (χ1v) is 6.82. The van der Waals surface area contributed by atoms with Crippen molar-refractivity contribution in [2.24, 2.45) is 5.41 Å². The lowest BCUT2D eigenvalue weighted by atomic mass is 9.90. The van der Waals surface area contributed by atoms with E-state index in [1.165, 1.54) is 0 Å². The monoisotopic (exact) mass is 242 g/mol. The van der Waals surface area contributed by atoms with Gasteiger partial charge in [-0.25, -0.2) is 0 Å². The molecule has 0 N–H and O–H groups in total. The third kappa shape index (κ3) is 4.30. The van der Waals surface area contributed by atoms with Gasteiger partial charge in [0.05, 0.1) is 11.5 Å². The average Bonchev–Trinajstić information content (AvgIpc) is 2.32. The van der Waals surface area contributed by atoms with Crippen LogP contribution < -0.4 is 0 Å². The van der Waals surface area contributed by atoms with Gasteiger partial charge in [-0.3, -0.25) is 4.79 Å². The lowest BCUT2D eigenvalue weighted by Gasteiger charge is -2.30. The van der Waals surface area contributed by atoms with Crippen LogP contribution in [0.1, 0.15) is 59.8 Å². The molecule has 0 atom stereocenters. The molecular formula is C14H26O3. The van der Waals surface area contributed by atoms with Crippen LogP contribution >= 0.6 is 0 Å². The summed E-state index contributed by atoms with van der Waals surface area (Å²) in [5.41, 5.74) is -0.350. The van der Waals surface area contributed by atoms with Crippen LogP contribution in [-0.4, -0.2) is 24.8 Å². The van der Waals surface area contributed by atoms with Gasteiger partial charge in [-0.05, 0) is 52.9 Å². The highest BCUT2D eigenvalue weighted by Gasteiger charge is 2.31. The van der Waals surface area contributed by atoms with Crippen LogP contribution in [0, 0.1) is 5.41 Å². The fourth-order valence-corrected chi connectivity index (χ4v) is 2.01. The largest absolute Gasteiger partial charge is 0.462 e. The first-order chi connectivity index (χ1) is 7.99. The molecule has 3 nitrogen and oxygen atoms in total. The molecule has 1 fully saturated rings. The lowest BCUT2D eigenvalue weighted by Crippen LogP contribution is -2.33. The highest BCUT2D eigenvalue weighted by atomic mass is 16.5. The van der Waals surface area contributed by atoms with Crippen LogP contribution in [0.4, 0.5) is 0 Å². The van der Waals surface area contributed by atoms with E-state index in [2.05, 4.69) is 0 Å². The molecule has 1 saturated carbocycles. The quantitative estimate of drug-likeness (QED) is 0.694. The van der Waals surface area contributed by atoms with Crippen molar-refractivity contribution >= 4 is 5.97 Å². The van der Waals surface area contributed by atoms with Gasteiger partial charge in [0.1, 0.15) is 6.10 Å². The zero-order valence-corrected chi connectivity index (χ0v) is 11.6. The molecule has 100 valence electrons. The Balaban J connectivity index is 2.33. The van der Waals surface area contributed by atoms with Gasteiger partial charge in [-0.1, -0.05) is 6.92 Å². The summed E-state index contributed by atoms with van der Waals surface area (Å²) in [5, 5.41) is 0. The zero-order valence-electron chi connectivity index (χ0n) is 11.6. The Kier molecular flexibility index (Phi) is 5.44. The third-order valence-corrected chi connectivity index (χ3v) is 3.73. The summed E-state index contributed by atoms with van der Waals surface area (Å²) in [4.78, 5) is 11.9. The van der Waals surface area contributed by atoms with Crippen LogP contribution in [0.2, 0.25) is 0 Å². The third-order valence-electron chi connectivity index (χ3n) is 3.73. The summed E-state index contributed by atoms with van der Waals surface area (Å²) in [7, 11) is 0. The molecule has 0 aliphatic heterocycles. The molecule has 0 aromatic heterocycles. The minimum Gasteiger partial charge on any atom is -0.462 e. The fraction of sp³-hybridized carbons (Fsp3) is 0.929. The smallest absolute Gasteiger partial charge is 0.311 e. The van der Waals surface area contributed by atoms with Gasteiger partial charge in [0.2, 0.25) is 0 Å². The predicted molar refractivity (Wildman–Crippen MR) is 67.8 cm³/mol. The molecule has 0 bridgehead atoms. The van der Waals surface area contributed by atoms with E-state index in [4.69, 9.17) is 9.47 Å². The average molecular weight is 242 g/mol. The number of carbonyl (C=O) groups is 1. The molecule has 0 radical (unpaired) electrons. The van der Waals surface area contributed by atoms with Crippen molar-refractivity contribution in [1.82, 2.24) is 0 Å². The van der Waals surface area contributed by atoms with E-state index in [0.717, 1.165) is 38.7 Å². The van der Waals surface area contributed by atoms with Crippen LogP contribution in [0.5, 0.6) is 0 Å². The lowest BCUT2D eigenvalue weighted by molar-refractivity contribution is -0.162. The van der Waals surface area contributed by atoms with Gasteiger partial charge in [0.25, 0.3) is 0 Å². The standard InChI is InChI=1S/C14H26O3/c1-5-14(3,4)13(15)17-12-9-7-11(8-10-12)16-6-2/h11-12H,5-10H2,1-4H3.